The third-order valence-corrected chi connectivity index (χ3v) is 3.36. The number of hydrogen-bond acceptors (Lipinski definition) is 3. The van der Waals surface area contributed by atoms with Crippen molar-refractivity contribution in [2.45, 2.75) is 20.0 Å². The molecule has 0 atom stereocenters. The molecule has 116 valence electrons. The van der Waals surface area contributed by atoms with Crippen LogP contribution in [0.25, 0.3) is 0 Å². The van der Waals surface area contributed by atoms with E-state index in [4.69, 9.17) is 16.3 Å². The van der Waals surface area contributed by atoms with Crippen LogP contribution in [0.1, 0.15) is 24.2 Å². The van der Waals surface area contributed by atoms with Gasteiger partial charge < -0.3 is 10.1 Å². The van der Waals surface area contributed by atoms with Gasteiger partial charge in [-0.3, -0.25) is 4.79 Å². The van der Waals surface area contributed by atoms with Gasteiger partial charge in [-0.1, -0.05) is 27.5 Å². The number of aromatic nitrogens is 1. The molecule has 1 aromatic heterocycles. The van der Waals surface area contributed by atoms with E-state index in [1.54, 1.807) is 6.07 Å². The van der Waals surface area contributed by atoms with Gasteiger partial charge in [0.25, 0.3) is 5.91 Å². The summed E-state index contributed by atoms with van der Waals surface area (Å²) in [5, 5.41) is 2.69. The van der Waals surface area contributed by atoms with Crippen molar-refractivity contribution >= 4 is 39.1 Å². The second kappa shape index (κ2) is 7.07. The molecule has 4 nitrogen and oxygen atoms in total. The van der Waals surface area contributed by atoms with Crippen molar-refractivity contribution < 1.29 is 13.9 Å². The number of pyridine rings is 1. The van der Waals surface area contributed by atoms with Gasteiger partial charge in [0.15, 0.2) is 0 Å². The standard InChI is InChI=1S/C15H13BrClFN2O2/c1-8(2)22-15-11(17)5-9(7-19-15)14(21)20-13-4-3-10(16)6-12(13)18/h3-8H,1-2H3,(H,20,21). The number of ether oxygens (including phenoxy) is 1. The van der Waals surface area contributed by atoms with Crippen molar-refractivity contribution in [3.63, 3.8) is 0 Å². The molecule has 1 amide bonds. The highest BCUT2D eigenvalue weighted by Gasteiger charge is 2.13. The smallest absolute Gasteiger partial charge is 0.257 e. The van der Waals surface area contributed by atoms with E-state index in [-0.39, 0.29) is 28.3 Å². The normalized spacial score (nSPS) is 10.6. The third-order valence-electron chi connectivity index (χ3n) is 2.60. The SMILES string of the molecule is CC(C)Oc1ncc(C(=O)Nc2ccc(Br)cc2F)cc1Cl. The van der Waals surface area contributed by atoms with Crippen LogP contribution < -0.4 is 10.1 Å². The zero-order valence-corrected chi connectivity index (χ0v) is 14.2. The number of carbonyl (C=O) groups is 1. The first-order valence-electron chi connectivity index (χ1n) is 6.45. The van der Waals surface area contributed by atoms with Crippen LogP contribution in [0.4, 0.5) is 10.1 Å². The minimum atomic E-state index is -0.540. The fourth-order valence-corrected chi connectivity index (χ4v) is 2.19. The number of halogens is 3. The quantitative estimate of drug-likeness (QED) is 0.829. The average molecular weight is 388 g/mol. The molecular weight excluding hydrogens is 375 g/mol. The van der Waals surface area contributed by atoms with E-state index in [2.05, 4.69) is 26.2 Å². The topological polar surface area (TPSA) is 51.2 Å². The van der Waals surface area contributed by atoms with E-state index in [0.29, 0.717) is 4.47 Å². The average Bonchev–Trinajstić information content (AvgIpc) is 2.43. The fourth-order valence-electron chi connectivity index (χ4n) is 1.64. The molecule has 0 unspecified atom stereocenters. The molecule has 2 aromatic rings. The molecule has 0 spiro atoms. The molecule has 1 heterocycles. The minimum Gasteiger partial charge on any atom is -0.474 e. The van der Waals surface area contributed by atoms with Crippen LogP contribution >= 0.6 is 27.5 Å². The zero-order valence-electron chi connectivity index (χ0n) is 11.9. The Balaban J connectivity index is 2.17. The third kappa shape index (κ3) is 4.18. The molecule has 0 saturated carbocycles. The molecule has 0 aliphatic rings. The molecule has 2 rings (SSSR count). The Morgan fingerprint density at radius 3 is 2.73 bits per heavy atom. The van der Waals surface area contributed by atoms with Crippen LogP contribution in [0.3, 0.4) is 0 Å². The minimum absolute atomic E-state index is 0.0758. The Morgan fingerprint density at radius 2 is 2.14 bits per heavy atom. The Morgan fingerprint density at radius 1 is 1.41 bits per heavy atom. The molecule has 1 aromatic carbocycles. The first-order chi connectivity index (χ1) is 10.4. The Bertz CT molecular complexity index is 710. The van der Waals surface area contributed by atoms with Crippen LogP contribution in [0.15, 0.2) is 34.9 Å². The first-order valence-corrected chi connectivity index (χ1v) is 7.62. The largest absolute Gasteiger partial charge is 0.474 e. The molecule has 0 radical (unpaired) electrons. The summed E-state index contributed by atoms with van der Waals surface area (Å²) in [7, 11) is 0. The van der Waals surface area contributed by atoms with Gasteiger partial charge >= 0.3 is 0 Å². The summed E-state index contributed by atoms with van der Waals surface area (Å²) in [5.41, 5.74) is 0.287. The molecule has 0 bridgehead atoms. The maximum absolute atomic E-state index is 13.7. The van der Waals surface area contributed by atoms with Gasteiger partial charge in [-0.15, -0.1) is 0 Å². The predicted octanol–water partition coefficient (Wildman–Crippen LogP) is 4.68. The van der Waals surface area contributed by atoms with Gasteiger partial charge in [0.2, 0.25) is 5.88 Å². The van der Waals surface area contributed by atoms with Crippen molar-refractivity contribution in [3.8, 4) is 5.88 Å². The number of carbonyl (C=O) groups excluding carboxylic acids is 1. The summed E-state index contributed by atoms with van der Waals surface area (Å²) in [6.07, 6.45) is 1.25. The molecule has 0 fully saturated rings. The van der Waals surface area contributed by atoms with Crippen LogP contribution in [-0.4, -0.2) is 17.0 Å². The summed E-state index contributed by atoms with van der Waals surface area (Å²) in [4.78, 5) is 16.1. The second-order valence-corrected chi connectivity index (χ2v) is 6.08. The van der Waals surface area contributed by atoms with Gasteiger partial charge in [-0.2, -0.15) is 0 Å². The van der Waals surface area contributed by atoms with Crippen molar-refractivity contribution in [1.29, 1.82) is 0 Å². The van der Waals surface area contributed by atoms with Crippen molar-refractivity contribution in [2.75, 3.05) is 5.32 Å². The van der Waals surface area contributed by atoms with Crippen molar-refractivity contribution in [3.05, 3.63) is 51.3 Å². The molecule has 0 aliphatic carbocycles. The fraction of sp³-hybridized carbons (Fsp3) is 0.200. The zero-order chi connectivity index (χ0) is 16.3. The number of nitrogens with zero attached hydrogens (tertiary/aromatic N) is 1. The maximum Gasteiger partial charge on any atom is 0.257 e. The number of benzene rings is 1. The number of anilines is 1. The number of rotatable bonds is 4. The van der Waals surface area contributed by atoms with E-state index in [1.165, 1.54) is 24.4 Å². The second-order valence-electron chi connectivity index (χ2n) is 4.76. The maximum atomic E-state index is 13.7. The lowest BCUT2D eigenvalue weighted by Crippen LogP contribution is -2.14. The lowest BCUT2D eigenvalue weighted by molar-refractivity contribution is 0.102. The predicted molar refractivity (Wildman–Crippen MR) is 87.1 cm³/mol. The van der Waals surface area contributed by atoms with Crippen LogP contribution in [0.2, 0.25) is 5.02 Å². The summed E-state index contributed by atoms with van der Waals surface area (Å²) in [6.45, 7) is 3.68. The van der Waals surface area contributed by atoms with Crippen LogP contribution in [0.5, 0.6) is 5.88 Å². The van der Waals surface area contributed by atoms with E-state index in [0.717, 1.165) is 0 Å². The van der Waals surface area contributed by atoms with Crippen LogP contribution in [0, 0.1) is 5.82 Å². The molecule has 0 aliphatic heterocycles. The Labute approximate surface area is 140 Å². The lowest BCUT2D eigenvalue weighted by atomic mass is 10.2. The summed E-state index contributed by atoms with van der Waals surface area (Å²) in [5.74, 6) is -0.795. The highest BCUT2D eigenvalue weighted by atomic mass is 79.9. The molecule has 7 heteroatoms. The van der Waals surface area contributed by atoms with E-state index < -0.39 is 11.7 Å². The van der Waals surface area contributed by atoms with Gasteiger partial charge in [-0.25, -0.2) is 9.37 Å². The molecule has 1 N–H and O–H groups in total. The Kier molecular flexibility index (Phi) is 5.37. The Hall–Kier alpha value is -1.66. The molecule has 22 heavy (non-hydrogen) atoms. The van der Waals surface area contributed by atoms with Gasteiger partial charge in [0.05, 0.1) is 17.4 Å². The number of hydrogen-bond donors (Lipinski definition) is 1. The van der Waals surface area contributed by atoms with Crippen LogP contribution in [-0.2, 0) is 0 Å². The lowest BCUT2D eigenvalue weighted by Gasteiger charge is -2.11. The monoisotopic (exact) mass is 386 g/mol. The summed E-state index contributed by atoms with van der Waals surface area (Å²) < 4.78 is 19.7. The van der Waals surface area contributed by atoms with Gasteiger partial charge in [0.1, 0.15) is 10.8 Å². The first kappa shape index (κ1) is 16.7. The van der Waals surface area contributed by atoms with E-state index >= 15 is 0 Å². The van der Waals surface area contributed by atoms with Crippen molar-refractivity contribution in [2.24, 2.45) is 0 Å². The van der Waals surface area contributed by atoms with E-state index in [1.807, 2.05) is 13.8 Å². The van der Waals surface area contributed by atoms with Crippen molar-refractivity contribution in [1.82, 2.24) is 4.98 Å². The number of nitrogens with one attached hydrogen (secondary N) is 1. The molecular formula is C15H13BrClFN2O2. The van der Waals surface area contributed by atoms with E-state index in [9.17, 15) is 9.18 Å². The molecule has 0 saturated heterocycles. The van der Waals surface area contributed by atoms with Gasteiger partial charge in [-0.05, 0) is 38.1 Å². The highest BCUT2D eigenvalue weighted by Crippen LogP contribution is 2.24. The number of amides is 1. The van der Waals surface area contributed by atoms with Gasteiger partial charge in [0, 0.05) is 10.7 Å². The highest BCUT2D eigenvalue weighted by molar-refractivity contribution is 9.10. The summed E-state index contributed by atoms with van der Waals surface area (Å²) >= 11 is 9.18. The summed E-state index contributed by atoms with van der Waals surface area (Å²) in [6, 6.07) is 5.78.